The number of imidazole rings is 1. The average Bonchev–Trinajstić information content (AvgIpc) is 3.01. The number of carbonyl (C=O) groups is 1. The minimum Gasteiger partial charge on any atom is -0.378 e. The fraction of sp³-hybridized carbons (Fsp3) is 0.529. The first-order chi connectivity index (χ1) is 11.7. The van der Waals surface area contributed by atoms with Gasteiger partial charge in [-0.2, -0.15) is 0 Å². The van der Waals surface area contributed by atoms with Crippen LogP contribution in [0.5, 0.6) is 0 Å². The molecular weight excluding hydrogens is 306 g/mol. The van der Waals surface area contributed by atoms with Gasteiger partial charge in [-0.1, -0.05) is 0 Å². The SMILES string of the molecule is Cc1nc2ccc(N3CCN(C(=O)N4CCOCC4)CC3)cc2[nH]1. The lowest BCUT2D eigenvalue weighted by molar-refractivity contribution is 0.0428. The van der Waals surface area contributed by atoms with E-state index >= 15 is 0 Å². The number of piperazine rings is 1. The monoisotopic (exact) mass is 329 g/mol. The van der Waals surface area contributed by atoms with Crippen LogP contribution in [-0.4, -0.2) is 78.3 Å². The minimum absolute atomic E-state index is 0.151. The lowest BCUT2D eigenvalue weighted by Crippen LogP contribution is -2.54. The molecule has 0 radical (unpaired) electrons. The number of carbonyl (C=O) groups excluding carboxylic acids is 1. The molecule has 2 aromatic rings. The third kappa shape index (κ3) is 2.91. The molecule has 128 valence electrons. The van der Waals surface area contributed by atoms with E-state index in [0.717, 1.165) is 43.0 Å². The van der Waals surface area contributed by atoms with E-state index in [2.05, 4.69) is 33.1 Å². The number of fused-ring (bicyclic) bond motifs is 1. The number of nitrogens with zero attached hydrogens (tertiary/aromatic N) is 4. The van der Waals surface area contributed by atoms with Crippen molar-refractivity contribution in [2.24, 2.45) is 0 Å². The molecule has 1 aromatic carbocycles. The summed E-state index contributed by atoms with van der Waals surface area (Å²) in [5.41, 5.74) is 3.25. The Kier molecular flexibility index (Phi) is 4.02. The van der Waals surface area contributed by atoms with E-state index in [1.807, 2.05) is 16.7 Å². The first-order valence-corrected chi connectivity index (χ1v) is 8.53. The molecule has 2 amide bonds. The number of urea groups is 1. The molecule has 1 N–H and O–H groups in total. The summed E-state index contributed by atoms with van der Waals surface area (Å²) < 4.78 is 5.32. The Morgan fingerprint density at radius 1 is 1.08 bits per heavy atom. The number of aryl methyl sites for hydroxylation is 1. The largest absolute Gasteiger partial charge is 0.378 e. The van der Waals surface area contributed by atoms with Crippen molar-refractivity contribution in [1.29, 1.82) is 0 Å². The highest BCUT2D eigenvalue weighted by atomic mass is 16.5. The van der Waals surface area contributed by atoms with E-state index < -0.39 is 0 Å². The van der Waals surface area contributed by atoms with Crippen LogP contribution in [0.15, 0.2) is 18.2 Å². The van der Waals surface area contributed by atoms with Crippen molar-refractivity contribution in [1.82, 2.24) is 19.8 Å². The van der Waals surface area contributed by atoms with Gasteiger partial charge in [0.2, 0.25) is 0 Å². The van der Waals surface area contributed by atoms with Crippen molar-refractivity contribution in [3.05, 3.63) is 24.0 Å². The van der Waals surface area contributed by atoms with Crippen LogP contribution in [0.4, 0.5) is 10.5 Å². The summed E-state index contributed by atoms with van der Waals surface area (Å²) in [4.78, 5) is 26.5. The number of ether oxygens (including phenoxy) is 1. The van der Waals surface area contributed by atoms with Crippen molar-refractivity contribution in [3.8, 4) is 0 Å². The first kappa shape index (κ1) is 15.3. The Bertz CT molecular complexity index is 730. The minimum atomic E-state index is 0.151. The lowest BCUT2D eigenvalue weighted by atomic mass is 10.2. The topological polar surface area (TPSA) is 64.7 Å². The van der Waals surface area contributed by atoms with Gasteiger partial charge in [0.15, 0.2) is 0 Å². The summed E-state index contributed by atoms with van der Waals surface area (Å²) in [6, 6.07) is 6.47. The number of rotatable bonds is 1. The number of amides is 2. The van der Waals surface area contributed by atoms with Gasteiger partial charge in [-0.25, -0.2) is 9.78 Å². The molecule has 1 aromatic heterocycles. The van der Waals surface area contributed by atoms with Crippen LogP contribution in [0, 0.1) is 6.92 Å². The van der Waals surface area contributed by atoms with E-state index in [1.165, 1.54) is 5.69 Å². The van der Waals surface area contributed by atoms with Crippen LogP contribution >= 0.6 is 0 Å². The average molecular weight is 329 g/mol. The van der Waals surface area contributed by atoms with Gasteiger partial charge in [0.25, 0.3) is 0 Å². The zero-order valence-electron chi connectivity index (χ0n) is 14.0. The summed E-state index contributed by atoms with van der Waals surface area (Å²) in [5.74, 6) is 0.933. The number of anilines is 1. The fourth-order valence-electron chi connectivity index (χ4n) is 3.43. The molecule has 7 nitrogen and oxygen atoms in total. The molecule has 0 unspecified atom stereocenters. The highest BCUT2D eigenvalue weighted by Gasteiger charge is 2.26. The Hall–Kier alpha value is -2.28. The number of hydrogen-bond donors (Lipinski definition) is 1. The maximum absolute atomic E-state index is 12.5. The van der Waals surface area contributed by atoms with Crippen LogP contribution in [0.25, 0.3) is 11.0 Å². The molecule has 0 atom stereocenters. The van der Waals surface area contributed by atoms with Gasteiger partial charge in [-0.15, -0.1) is 0 Å². The highest BCUT2D eigenvalue weighted by molar-refractivity contribution is 5.80. The molecule has 2 saturated heterocycles. The van der Waals surface area contributed by atoms with Gasteiger partial charge in [-0.3, -0.25) is 0 Å². The number of benzene rings is 1. The van der Waals surface area contributed by atoms with Crippen molar-refractivity contribution in [2.45, 2.75) is 6.92 Å². The molecule has 2 aliphatic rings. The molecule has 2 fully saturated rings. The number of H-pyrrole nitrogens is 1. The van der Waals surface area contributed by atoms with Crippen LogP contribution < -0.4 is 4.90 Å². The molecule has 0 bridgehead atoms. The molecular formula is C17H23N5O2. The van der Waals surface area contributed by atoms with Gasteiger partial charge in [-0.05, 0) is 25.1 Å². The second kappa shape index (κ2) is 6.32. The fourth-order valence-corrected chi connectivity index (χ4v) is 3.43. The summed E-state index contributed by atoms with van der Waals surface area (Å²) in [6.45, 7) is 7.90. The second-order valence-corrected chi connectivity index (χ2v) is 6.38. The van der Waals surface area contributed by atoms with Crippen molar-refractivity contribution >= 4 is 22.8 Å². The third-order valence-corrected chi connectivity index (χ3v) is 4.78. The smallest absolute Gasteiger partial charge is 0.320 e. The van der Waals surface area contributed by atoms with E-state index in [0.29, 0.717) is 26.3 Å². The molecule has 7 heteroatoms. The Morgan fingerprint density at radius 2 is 1.79 bits per heavy atom. The Morgan fingerprint density at radius 3 is 2.54 bits per heavy atom. The Balaban J connectivity index is 1.40. The molecule has 0 aliphatic carbocycles. The van der Waals surface area contributed by atoms with Gasteiger partial charge in [0.1, 0.15) is 5.82 Å². The maximum Gasteiger partial charge on any atom is 0.320 e. The number of aromatic amines is 1. The van der Waals surface area contributed by atoms with E-state index in [-0.39, 0.29) is 6.03 Å². The van der Waals surface area contributed by atoms with Crippen LogP contribution in [-0.2, 0) is 4.74 Å². The van der Waals surface area contributed by atoms with Gasteiger partial charge in [0, 0.05) is 45.0 Å². The normalized spacial score (nSPS) is 19.1. The summed E-state index contributed by atoms with van der Waals surface area (Å²) in [5, 5.41) is 0. The van der Waals surface area contributed by atoms with E-state index in [9.17, 15) is 4.79 Å². The Labute approximate surface area is 141 Å². The predicted molar refractivity (Wildman–Crippen MR) is 92.4 cm³/mol. The number of aromatic nitrogens is 2. The second-order valence-electron chi connectivity index (χ2n) is 6.38. The predicted octanol–water partition coefficient (Wildman–Crippen LogP) is 1.45. The van der Waals surface area contributed by atoms with Crippen LogP contribution in [0.2, 0.25) is 0 Å². The van der Waals surface area contributed by atoms with Gasteiger partial charge >= 0.3 is 6.03 Å². The molecule has 4 rings (SSSR count). The van der Waals surface area contributed by atoms with Crippen LogP contribution in [0.3, 0.4) is 0 Å². The number of morpholine rings is 1. The van der Waals surface area contributed by atoms with Gasteiger partial charge < -0.3 is 24.4 Å². The first-order valence-electron chi connectivity index (χ1n) is 8.53. The van der Waals surface area contributed by atoms with E-state index in [4.69, 9.17) is 4.74 Å². The standard InChI is InChI=1S/C17H23N5O2/c1-13-18-15-3-2-14(12-16(15)19-13)20-4-6-21(7-5-20)17(23)22-8-10-24-11-9-22/h2-3,12H,4-11H2,1H3,(H,18,19). The molecule has 0 spiro atoms. The van der Waals surface area contributed by atoms with Crippen molar-refractivity contribution in [2.75, 3.05) is 57.4 Å². The zero-order valence-corrected chi connectivity index (χ0v) is 14.0. The number of hydrogen-bond acceptors (Lipinski definition) is 4. The summed E-state index contributed by atoms with van der Waals surface area (Å²) in [6.07, 6.45) is 0. The third-order valence-electron chi connectivity index (χ3n) is 4.78. The van der Waals surface area contributed by atoms with Crippen molar-refractivity contribution < 1.29 is 9.53 Å². The summed E-state index contributed by atoms with van der Waals surface area (Å²) in [7, 11) is 0. The van der Waals surface area contributed by atoms with Crippen molar-refractivity contribution in [3.63, 3.8) is 0 Å². The molecule has 2 aliphatic heterocycles. The van der Waals surface area contributed by atoms with E-state index in [1.54, 1.807) is 0 Å². The lowest BCUT2D eigenvalue weighted by Gasteiger charge is -2.39. The summed E-state index contributed by atoms with van der Waals surface area (Å²) >= 11 is 0. The number of nitrogens with one attached hydrogen (secondary N) is 1. The van der Waals surface area contributed by atoms with Gasteiger partial charge in [0.05, 0.1) is 24.2 Å². The molecule has 24 heavy (non-hydrogen) atoms. The molecule has 0 saturated carbocycles. The highest BCUT2D eigenvalue weighted by Crippen LogP contribution is 2.22. The molecule has 3 heterocycles. The zero-order chi connectivity index (χ0) is 16.5. The van der Waals surface area contributed by atoms with Crippen LogP contribution in [0.1, 0.15) is 5.82 Å². The quantitative estimate of drug-likeness (QED) is 0.860. The maximum atomic E-state index is 12.5.